The monoisotopic (exact) mass is 339 g/mol. The quantitative estimate of drug-likeness (QED) is 0.501. The number of hydrogen-bond donors (Lipinski definition) is 0. The van der Waals surface area contributed by atoms with E-state index in [1.54, 1.807) is 0 Å². The van der Waals surface area contributed by atoms with Gasteiger partial charge in [-0.1, -0.05) is 31.9 Å². The second kappa shape index (κ2) is 3.36. The maximum absolute atomic E-state index is 11.4. The third-order valence-electron chi connectivity index (χ3n) is 3.73. The zero-order valence-corrected chi connectivity index (χ0v) is 12.3. The number of hydrogen-bond acceptors (Lipinski definition) is 2. The maximum atomic E-state index is 11.4. The van der Waals surface area contributed by atoms with Crippen LogP contribution in [0.2, 0.25) is 0 Å². The van der Waals surface area contributed by atoms with E-state index in [0.717, 1.165) is 12.8 Å². The van der Waals surface area contributed by atoms with Crippen LogP contribution in [-0.4, -0.2) is 38.8 Å². The first-order chi connectivity index (χ1) is 6.80. The van der Waals surface area contributed by atoms with Gasteiger partial charge in [-0.15, -0.1) is 0 Å². The summed E-state index contributed by atoms with van der Waals surface area (Å²) in [5.41, 5.74) is 0. The summed E-state index contributed by atoms with van der Waals surface area (Å²) < 4.78 is 4.82. The van der Waals surface area contributed by atoms with Crippen LogP contribution in [0.5, 0.6) is 0 Å². The number of amides is 1. The molecule has 5 heteroatoms. The molecule has 1 heterocycles. The van der Waals surface area contributed by atoms with Crippen LogP contribution in [0.3, 0.4) is 0 Å². The van der Waals surface area contributed by atoms with Crippen LogP contribution < -0.4 is 0 Å². The Bertz CT molecular complexity index is 282. The van der Waals surface area contributed by atoms with Gasteiger partial charge in [-0.25, -0.2) is 4.79 Å². The first kappa shape index (κ1) is 11.7. The number of halogens is 2. The Morgan fingerprint density at radius 3 is 2.00 bits per heavy atom. The summed E-state index contributed by atoms with van der Waals surface area (Å²) >= 11 is 7.51. The summed E-state index contributed by atoms with van der Waals surface area (Å²) in [6.45, 7) is 4.34. The van der Waals surface area contributed by atoms with Gasteiger partial charge in [0.15, 0.2) is 0 Å². The number of fused-ring (bicyclic) bond motifs is 1. The molecule has 0 bridgehead atoms. The van der Waals surface area contributed by atoms with Gasteiger partial charge in [-0.05, 0) is 26.7 Å². The van der Waals surface area contributed by atoms with Gasteiger partial charge in [-0.3, -0.25) is 4.90 Å². The highest BCUT2D eigenvalue weighted by atomic mass is 79.9. The molecule has 2 rings (SSSR count). The summed E-state index contributed by atoms with van der Waals surface area (Å²) in [6, 6.07) is 0.708. The van der Waals surface area contributed by atoms with Crippen molar-refractivity contribution in [2.75, 3.05) is 7.11 Å². The largest absolute Gasteiger partial charge is 0.453 e. The fraction of sp³-hybridized carbons (Fsp3) is 0.900. The molecular formula is C10H15Br2NO2. The van der Waals surface area contributed by atoms with E-state index in [1.807, 2.05) is 4.90 Å². The van der Waals surface area contributed by atoms with Crippen molar-refractivity contribution in [3.63, 3.8) is 0 Å². The number of alkyl halides is 2. The average molecular weight is 341 g/mol. The Kier molecular flexibility index (Phi) is 2.62. The molecule has 3 nitrogen and oxygen atoms in total. The van der Waals surface area contributed by atoms with E-state index in [9.17, 15) is 4.79 Å². The van der Waals surface area contributed by atoms with Crippen molar-refractivity contribution < 1.29 is 9.53 Å². The topological polar surface area (TPSA) is 29.3 Å². The van der Waals surface area contributed by atoms with Crippen LogP contribution >= 0.6 is 31.9 Å². The summed E-state index contributed by atoms with van der Waals surface area (Å²) in [7, 11) is 1.44. The first-order valence-corrected chi connectivity index (χ1v) is 6.63. The van der Waals surface area contributed by atoms with E-state index in [4.69, 9.17) is 4.74 Å². The number of carbonyl (C=O) groups excluding carboxylic acids is 1. The van der Waals surface area contributed by atoms with Gasteiger partial charge in [0.1, 0.15) is 0 Å². The van der Waals surface area contributed by atoms with Crippen molar-refractivity contribution in [3.8, 4) is 0 Å². The summed E-state index contributed by atoms with van der Waals surface area (Å²) in [6.07, 6.45) is 1.74. The Balaban J connectivity index is 2.12. The van der Waals surface area contributed by atoms with Crippen LogP contribution in [0.25, 0.3) is 0 Å². The molecule has 1 saturated heterocycles. The Hall–Kier alpha value is 0.230. The fourth-order valence-corrected chi connectivity index (χ4v) is 3.38. The normalized spacial score (nSPS) is 48.5. The molecule has 1 aliphatic carbocycles. The van der Waals surface area contributed by atoms with Crippen molar-refractivity contribution in [2.24, 2.45) is 0 Å². The standard InChI is InChI=1S/C10H15Br2NO2/c1-9(11)4-6-7(5-10(9,2)12)13(6)8(14)15-3/h6-7H,4-5H2,1-3H3/t6-,7-,9+,10+/m0/s1. The van der Waals surface area contributed by atoms with Crippen LogP contribution in [0.15, 0.2) is 0 Å². The molecule has 4 atom stereocenters. The lowest BCUT2D eigenvalue weighted by Gasteiger charge is -2.40. The van der Waals surface area contributed by atoms with Crippen LogP contribution in [-0.2, 0) is 4.74 Å². The molecule has 0 spiro atoms. The first-order valence-electron chi connectivity index (χ1n) is 5.04. The highest BCUT2D eigenvalue weighted by Gasteiger charge is 2.63. The van der Waals surface area contributed by atoms with Crippen LogP contribution in [0.1, 0.15) is 26.7 Å². The number of rotatable bonds is 0. The highest BCUT2D eigenvalue weighted by molar-refractivity contribution is 9.13. The zero-order chi connectivity index (χ0) is 11.4. The molecule has 0 aromatic rings. The Labute approximate surface area is 107 Å². The number of carbonyl (C=O) groups is 1. The van der Waals surface area contributed by atoms with E-state index < -0.39 is 0 Å². The lowest BCUT2D eigenvalue weighted by Crippen LogP contribution is -2.45. The summed E-state index contributed by atoms with van der Waals surface area (Å²) in [5, 5.41) is 0. The molecular weight excluding hydrogens is 326 g/mol. The molecule has 15 heavy (non-hydrogen) atoms. The minimum Gasteiger partial charge on any atom is -0.453 e. The summed E-state index contributed by atoms with van der Waals surface area (Å²) in [5.74, 6) is 0. The second-order valence-corrected chi connectivity index (χ2v) is 8.32. The predicted octanol–water partition coefficient (Wildman–Crippen LogP) is 2.91. The third-order valence-corrected chi connectivity index (χ3v) is 6.66. The van der Waals surface area contributed by atoms with Gasteiger partial charge in [0.2, 0.25) is 0 Å². The van der Waals surface area contributed by atoms with E-state index in [1.165, 1.54) is 7.11 Å². The minimum absolute atomic E-state index is 0.0317. The van der Waals surface area contributed by atoms with E-state index in [2.05, 4.69) is 45.7 Å². The van der Waals surface area contributed by atoms with Gasteiger partial charge in [0.05, 0.1) is 19.2 Å². The molecule has 2 aliphatic rings. The van der Waals surface area contributed by atoms with Crippen molar-refractivity contribution in [2.45, 2.75) is 47.4 Å². The molecule has 86 valence electrons. The Morgan fingerprint density at radius 1 is 1.27 bits per heavy atom. The molecule has 2 fully saturated rings. The maximum Gasteiger partial charge on any atom is 0.410 e. The molecule has 0 unspecified atom stereocenters. The molecule has 0 radical (unpaired) electrons. The van der Waals surface area contributed by atoms with Gasteiger partial charge >= 0.3 is 6.09 Å². The van der Waals surface area contributed by atoms with Crippen molar-refractivity contribution in [3.05, 3.63) is 0 Å². The minimum atomic E-state index is -0.196. The van der Waals surface area contributed by atoms with Gasteiger partial charge in [0.25, 0.3) is 0 Å². The third kappa shape index (κ3) is 1.71. The van der Waals surface area contributed by atoms with E-state index in [-0.39, 0.29) is 14.7 Å². The number of likely N-dealkylation sites (tertiary alicyclic amines) is 1. The summed E-state index contributed by atoms with van der Waals surface area (Å²) in [4.78, 5) is 13.3. The van der Waals surface area contributed by atoms with Crippen LogP contribution in [0.4, 0.5) is 4.79 Å². The molecule has 1 aliphatic heterocycles. The highest BCUT2D eigenvalue weighted by Crippen LogP contribution is 2.56. The predicted molar refractivity (Wildman–Crippen MR) is 65.7 cm³/mol. The molecule has 0 N–H and O–H groups in total. The molecule has 0 aromatic heterocycles. The van der Waals surface area contributed by atoms with Crippen LogP contribution in [0, 0.1) is 0 Å². The number of methoxy groups -OCH3 is 1. The molecule has 1 saturated carbocycles. The fourth-order valence-electron chi connectivity index (χ4n) is 2.39. The number of ether oxygens (including phenoxy) is 1. The second-order valence-electron chi connectivity index (χ2n) is 4.82. The molecule has 1 amide bonds. The smallest absolute Gasteiger partial charge is 0.410 e. The molecule has 0 aromatic carbocycles. The lowest BCUT2D eigenvalue weighted by molar-refractivity contribution is 0.150. The van der Waals surface area contributed by atoms with Crippen molar-refractivity contribution in [1.82, 2.24) is 4.90 Å². The lowest BCUT2D eigenvalue weighted by atomic mass is 9.81. The average Bonchev–Trinajstić information content (AvgIpc) is 2.74. The Morgan fingerprint density at radius 2 is 1.67 bits per heavy atom. The zero-order valence-electron chi connectivity index (χ0n) is 9.09. The van der Waals surface area contributed by atoms with E-state index in [0.29, 0.717) is 12.1 Å². The SMILES string of the molecule is COC(=O)N1[C@H]2C[C@@](C)(Br)[C@](C)(Br)C[C@@H]21. The van der Waals surface area contributed by atoms with E-state index >= 15 is 0 Å². The van der Waals surface area contributed by atoms with Gasteiger partial charge in [-0.2, -0.15) is 0 Å². The number of nitrogens with zero attached hydrogens (tertiary/aromatic N) is 1. The van der Waals surface area contributed by atoms with Crippen molar-refractivity contribution >= 4 is 38.0 Å². The van der Waals surface area contributed by atoms with Crippen molar-refractivity contribution in [1.29, 1.82) is 0 Å². The van der Waals surface area contributed by atoms with Gasteiger partial charge < -0.3 is 4.74 Å². The van der Waals surface area contributed by atoms with Gasteiger partial charge in [0, 0.05) is 8.65 Å².